The zero-order chi connectivity index (χ0) is 9.26. The molecule has 2 rings (SSSR count). The van der Waals surface area contributed by atoms with E-state index in [1.165, 1.54) is 0 Å². The number of pyridine rings is 1. The monoisotopic (exact) mass is 193 g/mol. The van der Waals surface area contributed by atoms with Crippen LogP contribution in [0.25, 0.3) is 5.65 Å². The van der Waals surface area contributed by atoms with E-state index in [0.717, 1.165) is 22.9 Å². The van der Waals surface area contributed by atoms with E-state index in [0.29, 0.717) is 0 Å². The maximum atomic E-state index is 5.85. The molecule has 0 radical (unpaired) electrons. The SMILES string of the molecule is CSCc1cnc2cccc(N)n12. The summed E-state index contributed by atoms with van der Waals surface area (Å²) >= 11 is 1.77. The van der Waals surface area contributed by atoms with Crippen molar-refractivity contribution in [2.24, 2.45) is 0 Å². The lowest BCUT2D eigenvalue weighted by atomic mass is 10.4. The van der Waals surface area contributed by atoms with E-state index in [1.54, 1.807) is 11.8 Å². The molecule has 0 aliphatic heterocycles. The minimum Gasteiger partial charge on any atom is -0.385 e. The smallest absolute Gasteiger partial charge is 0.138 e. The van der Waals surface area contributed by atoms with Gasteiger partial charge in [0.15, 0.2) is 0 Å². The van der Waals surface area contributed by atoms with Crippen molar-refractivity contribution in [2.45, 2.75) is 5.75 Å². The predicted octanol–water partition coefficient (Wildman–Crippen LogP) is 1.78. The number of nitrogen functional groups attached to an aromatic ring is 1. The molecule has 3 nitrogen and oxygen atoms in total. The van der Waals surface area contributed by atoms with Gasteiger partial charge in [-0.15, -0.1) is 0 Å². The molecule has 0 atom stereocenters. The fourth-order valence-corrected chi connectivity index (χ4v) is 1.88. The summed E-state index contributed by atoms with van der Waals surface area (Å²) in [6.45, 7) is 0. The molecule has 0 unspecified atom stereocenters. The first-order chi connectivity index (χ1) is 6.33. The van der Waals surface area contributed by atoms with Crippen molar-refractivity contribution in [3.8, 4) is 0 Å². The highest BCUT2D eigenvalue weighted by Crippen LogP contribution is 2.15. The third-order valence-electron chi connectivity index (χ3n) is 1.92. The average Bonchev–Trinajstić information content (AvgIpc) is 2.51. The van der Waals surface area contributed by atoms with Gasteiger partial charge < -0.3 is 5.73 Å². The number of aromatic nitrogens is 2. The van der Waals surface area contributed by atoms with E-state index in [9.17, 15) is 0 Å². The van der Waals surface area contributed by atoms with Gasteiger partial charge in [0, 0.05) is 5.75 Å². The summed E-state index contributed by atoms with van der Waals surface area (Å²) in [5.41, 5.74) is 7.92. The van der Waals surface area contributed by atoms with E-state index in [2.05, 4.69) is 11.2 Å². The van der Waals surface area contributed by atoms with Gasteiger partial charge >= 0.3 is 0 Å². The lowest BCUT2D eigenvalue weighted by Crippen LogP contribution is -1.98. The molecule has 0 fully saturated rings. The maximum Gasteiger partial charge on any atom is 0.138 e. The molecule has 0 saturated carbocycles. The van der Waals surface area contributed by atoms with E-state index >= 15 is 0 Å². The number of hydrogen-bond donors (Lipinski definition) is 1. The van der Waals surface area contributed by atoms with Crippen LogP contribution < -0.4 is 5.73 Å². The van der Waals surface area contributed by atoms with Gasteiger partial charge in [-0.25, -0.2) is 4.98 Å². The van der Waals surface area contributed by atoms with Crippen molar-refractivity contribution in [2.75, 3.05) is 12.0 Å². The third kappa shape index (κ3) is 1.37. The lowest BCUT2D eigenvalue weighted by molar-refractivity contribution is 1.11. The summed E-state index contributed by atoms with van der Waals surface area (Å²) in [7, 11) is 0. The van der Waals surface area contributed by atoms with Crippen LogP contribution in [0.15, 0.2) is 24.4 Å². The molecule has 0 amide bonds. The summed E-state index contributed by atoms with van der Waals surface area (Å²) in [6, 6.07) is 5.76. The van der Waals surface area contributed by atoms with Crippen LogP contribution in [0, 0.1) is 0 Å². The van der Waals surface area contributed by atoms with Gasteiger partial charge in [0.25, 0.3) is 0 Å². The number of thioether (sulfide) groups is 1. The predicted molar refractivity (Wildman–Crippen MR) is 56.8 cm³/mol. The molecule has 2 aromatic heterocycles. The molecule has 68 valence electrons. The Labute approximate surface area is 81.0 Å². The van der Waals surface area contributed by atoms with Crippen LogP contribution in [0.1, 0.15) is 5.69 Å². The molecule has 0 saturated heterocycles. The van der Waals surface area contributed by atoms with Crippen LogP contribution >= 0.6 is 11.8 Å². The minimum atomic E-state index is 0.749. The molecule has 0 aliphatic rings. The van der Waals surface area contributed by atoms with Crippen molar-refractivity contribution in [1.29, 1.82) is 0 Å². The van der Waals surface area contributed by atoms with Gasteiger partial charge in [-0.3, -0.25) is 4.40 Å². The van der Waals surface area contributed by atoms with Crippen molar-refractivity contribution < 1.29 is 0 Å². The number of fused-ring (bicyclic) bond motifs is 1. The fourth-order valence-electron chi connectivity index (χ4n) is 1.38. The first-order valence-electron chi connectivity index (χ1n) is 4.02. The Bertz CT molecular complexity index is 422. The Morgan fingerprint density at radius 2 is 2.38 bits per heavy atom. The number of nitrogens with two attached hydrogens (primary N) is 1. The Morgan fingerprint density at radius 3 is 3.15 bits per heavy atom. The van der Waals surface area contributed by atoms with E-state index in [-0.39, 0.29) is 0 Å². The molecule has 2 N–H and O–H groups in total. The summed E-state index contributed by atoms with van der Waals surface area (Å²) < 4.78 is 1.98. The highest BCUT2D eigenvalue weighted by Gasteiger charge is 2.03. The quantitative estimate of drug-likeness (QED) is 0.790. The first kappa shape index (κ1) is 8.44. The van der Waals surface area contributed by atoms with Crippen molar-refractivity contribution in [1.82, 2.24) is 9.38 Å². The Hall–Kier alpha value is -1.16. The number of rotatable bonds is 2. The second-order valence-corrected chi connectivity index (χ2v) is 3.69. The number of hydrogen-bond acceptors (Lipinski definition) is 3. The summed E-state index contributed by atoms with van der Waals surface area (Å²) in [4.78, 5) is 4.27. The highest BCUT2D eigenvalue weighted by molar-refractivity contribution is 7.97. The second kappa shape index (κ2) is 3.30. The van der Waals surface area contributed by atoms with Crippen LogP contribution in [-0.4, -0.2) is 15.6 Å². The molecule has 2 aromatic rings. The first-order valence-corrected chi connectivity index (χ1v) is 5.42. The van der Waals surface area contributed by atoms with Crippen molar-refractivity contribution in [3.05, 3.63) is 30.1 Å². The topological polar surface area (TPSA) is 43.3 Å². The summed E-state index contributed by atoms with van der Waals surface area (Å²) in [5.74, 6) is 1.69. The molecular formula is C9H11N3S. The number of anilines is 1. The summed E-state index contributed by atoms with van der Waals surface area (Å²) in [6.07, 6.45) is 3.95. The van der Waals surface area contributed by atoms with Crippen LogP contribution in [0.2, 0.25) is 0 Å². The second-order valence-electron chi connectivity index (χ2n) is 2.83. The molecule has 0 aliphatic carbocycles. The molecule has 0 aromatic carbocycles. The zero-order valence-electron chi connectivity index (χ0n) is 7.40. The number of imidazole rings is 1. The largest absolute Gasteiger partial charge is 0.385 e. The Kier molecular flexibility index (Phi) is 2.14. The average molecular weight is 193 g/mol. The van der Waals surface area contributed by atoms with Crippen LogP contribution in [0.5, 0.6) is 0 Å². The zero-order valence-corrected chi connectivity index (χ0v) is 8.21. The Morgan fingerprint density at radius 1 is 1.54 bits per heavy atom. The molecule has 4 heteroatoms. The van der Waals surface area contributed by atoms with Gasteiger partial charge in [-0.1, -0.05) is 6.07 Å². The molecule has 0 bridgehead atoms. The van der Waals surface area contributed by atoms with Gasteiger partial charge in [-0.05, 0) is 18.4 Å². The molecule has 2 heterocycles. The molecule has 13 heavy (non-hydrogen) atoms. The van der Waals surface area contributed by atoms with Gasteiger partial charge in [-0.2, -0.15) is 11.8 Å². The van der Waals surface area contributed by atoms with Crippen molar-refractivity contribution >= 4 is 23.2 Å². The summed E-state index contributed by atoms with van der Waals surface area (Å²) in [5, 5.41) is 0. The van der Waals surface area contributed by atoms with Gasteiger partial charge in [0.1, 0.15) is 11.5 Å². The van der Waals surface area contributed by atoms with Crippen LogP contribution in [0.3, 0.4) is 0 Å². The van der Waals surface area contributed by atoms with Crippen LogP contribution in [-0.2, 0) is 5.75 Å². The minimum absolute atomic E-state index is 0.749. The number of nitrogens with zero attached hydrogens (tertiary/aromatic N) is 2. The maximum absolute atomic E-state index is 5.85. The normalized spacial score (nSPS) is 10.8. The van der Waals surface area contributed by atoms with E-state index < -0.39 is 0 Å². The van der Waals surface area contributed by atoms with Crippen molar-refractivity contribution in [3.63, 3.8) is 0 Å². The van der Waals surface area contributed by atoms with Gasteiger partial charge in [0.05, 0.1) is 11.9 Å². The fraction of sp³-hybridized carbons (Fsp3) is 0.222. The Balaban J connectivity index is 2.64. The highest BCUT2D eigenvalue weighted by atomic mass is 32.2. The van der Waals surface area contributed by atoms with Crippen LogP contribution in [0.4, 0.5) is 5.82 Å². The van der Waals surface area contributed by atoms with E-state index in [1.807, 2.05) is 28.8 Å². The lowest BCUT2D eigenvalue weighted by Gasteiger charge is -2.02. The standard InChI is InChI=1S/C9H11N3S/c1-13-6-7-5-11-9-4-2-3-8(10)12(7)9/h2-5H,6,10H2,1H3. The molecular weight excluding hydrogens is 182 g/mol. The third-order valence-corrected chi connectivity index (χ3v) is 2.51. The molecule has 0 spiro atoms. The van der Waals surface area contributed by atoms with Gasteiger partial charge in [0.2, 0.25) is 0 Å². The van der Waals surface area contributed by atoms with E-state index in [4.69, 9.17) is 5.73 Å².